The Labute approximate surface area is 115 Å². The first-order chi connectivity index (χ1) is 9.29. The number of amides is 1. The molecule has 4 nitrogen and oxygen atoms in total. The zero-order valence-electron chi connectivity index (χ0n) is 11.4. The van der Waals surface area contributed by atoms with E-state index in [2.05, 4.69) is 5.10 Å². The fraction of sp³-hybridized carbons (Fsp3) is 0.846. The third kappa shape index (κ3) is 2.82. The summed E-state index contributed by atoms with van der Waals surface area (Å²) in [7, 11) is 0. The Balaban J connectivity index is 2.14. The summed E-state index contributed by atoms with van der Waals surface area (Å²) in [5.41, 5.74) is -2.90. The molecule has 1 heterocycles. The van der Waals surface area contributed by atoms with Gasteiger partial charge in [0.2, 0.25) is 5.91 Å². The second-order valence-corrected chi connectivity index (χ2v) is 5.54. The normalized spacial score (nSPS) is 26.9. The monoisotopic (exact) mass is 292 g/mol. The van der Waals surface area contributed by atoms with E-state index in [9.17, 15) is 23.1 Å². The molecule has 1 aliphatic heterocycles. The van der Waals surface area contributed by atoms with E-state index in [1.807, 2.05) is 6.92 Å². The van der Waals surface area contributed by atoms with Gasteiger partial charge in [-0.15, -0.1) is 0 Å². The van der Waals surface area contributed by atoms with Crippen LogP contribution >= 0.6 is 0 Å². The zero-order valence-corrected chi connectivity index (χ0v) is 11.4. The average molecular weight is 292 g/mol. The second kappa shape index (κ2) is 5.35. The van der Waals surface area contributed by atoms with Crippen molar-refractivity contribution in [2.75, 3.05) is 0 Å². The molecule has 2 rings (SSSR count). The zero-order chi connectivity index (χ0) is 15.0. The van der Waals surface area contributed by atoms with Gasteiger partial charge in [0.05, 0.1) is 0 Å². The van der Waals surface area contributed by atoms with Gasteiger partial charge in [-0.3, -0.25) is 4.79 Å². The molecule has 20 heavy (non-hydrogen) atoms. The van der Waals surface area contributed by atoms with Gasteiger partial charge in [0.1, 0.15) is 0 Å². The molecule has 114 valence electrons. The molecular weight excluding hydrogens is 273 g/mol. The van der Waals surface area contributed by atoms with E-state index < -0.39 is 30.1 Å². The molecular formula is C13H19F3N2O2. The molecule has 0 saturated heterocycles. The number of unbranched alkanes of at least 4 members (excludes halogenated alkanes) is 2. The Kier molecular flexibility index (Phi) is 4.09. The van der Waals surface area contributed by atoms with Crippen LogP contribution in [0.2, 0.25) is 0 Å². The number of hydrogen-bond acceptors (Lipinski definition) is 3. The third-order valence-corrected chi connectivity index (χ3v) is 3.70. The van der Waals surface area contributed by atoms with Gasteiger partial charge >= 0.3 is 6.18 Å². The maximum Gasteiger partial charge on any atom is 0.438 e. The van der Waals surface area contributed by atoms with Crippen molar-refractivity contribution >= 4 is 11.6 Å². The van der Waals surface area contributed by atoms with E-state index in [1.54, 1.807) is 0 Å². The minimum absolute atomic E-state index is 0.257. The first kappa shape index (κ1) is 15.3. The predicted molar refractivity (Wildman–Crippen MR) is 66.8 cm³/mol. The Morgan fingerprint density at radius 1 is 1.45 bits per heavy atom. The third-order valence-electron chi connectivity index (χ3n) is 3.70. The summed E-state index contributed by atoms with van der Waals surface area (Å²) in [5.74, 6) is -1.13. The first-order valence-electron chi connectivity index (χ1n) is 6.99. The molecule has 1 fully saturated rings. The fourth-order valence-electron chi connectivity index (χ4n) is 2.29. The lowest BCUT2D eigenvalue weighted by Crippen LogP contribution is -2.57. The topological polar surface area (TPSA) is 52.9 Å². The molecule has 1 saturated carbocycles. The number of carbonyl (C=O) groups excluding carboxylic acids is 1. The molecule has 0 bridgehead atoms. The van der Waals surface area contributed by atoms with Crippen LogP contribution in [0, 0.1) is 5.92 Å². The summed E-state index contributed by atoms with van der Waals surface area (Å²) in [6.45, 7) is 1.99. The summed E-state index contributed by atoms with van der Waals surface area (Å²) in [6, 6.07) is 0. The van der Waals surface area contributed by atoms with E-state index >= 15 is 0 Å². The molecule has 0 spiro atoms. The smallest absolute Gasteiger partial charge is 0.362 e. The van der Waals surface area contributed by atoms with Gasteiger partial charge in [0.15, 0.2) is 0 Å². The number of aliphatic hydroxyl groups is 1. The van der Waals surface area contributed by atoms with Gasteiger partial charge in [-0.25, -0.2) is 0 Å². The number of alkyl halides is 3. The van der Waals surface area contributed by atoms with Crippen LogP contribution in [0.4, 0.5) is 13.2 Å². The lowest BCUT2D eigenvalue weighted by molar-refractivity contribution is -0.302. The molecule has 1 atom stereocenters. The van der Waals surface area contributed by atoms with Crippen molar-refractivity contribution < 1.29 is 23.1 Å². The maximum absolute atomic E-state index is 13.1. The summed E-state index contributed by atoms with van der Waals surface area (Å²) in [5, 5.41) is 14.0. The number of hydrazone groups is 1. The molecule has 1 N–H and O–H groups in total. The van der Waals surface area contributed by atoms with Crippen LogP contribution in [0.1, 0.15) is 51.9 Å². The molecule has 2 aliphatic rings. The summed E-state index contributed by atoms with van der Waals surface area (Å²) in [4.78, 5) is 11.9. The highest BCUT2D eigenvalue weighted by Crippen LogP contribution is 2.44. The SMILES string of the molecule is CCCCCC1=NN(C(=O)C2CC2)[C@](O)(C(F)(F)F)C1. The predicted octanol–water partition coefficient (Wildman–Crippen LogP) is 2.82. The number of rotatable bonds is 5. The average Bonchev–Trinajstić information content (AvgIpc) is 3.13. The molecule has 0 radical (unpaired) electrons. The van der Waals surface area contributed by atoms with Crippen LogP contribution in [0.3, 0.4) is 0 Å². The van der Waals surface area contributed by atoms with Gasteiger partial charge in [-0.05, 0) is 25.7 Å². The van der Waals surface area contributed by atoms with Crippen molar-refractivity contribution in [3.8, 4) is 0 Å². The van der Waals surface area contributed by atoms with E-state index in [1.165, 1.54) is 0 Å². The number of hydrogen-bond donors (Lipinski definition) is 1. The quantitative estimate of drug-likeness (QED) is 0.792. The molecule has 0 unspecified atom stereocenters. The number of nitrogens with zero attached hydrogens (tertiary/aromatic N) is 2. The van der Waals surface area contributed by atoms with Crippen molar-refractivity contribution in [2.45, 2.75) is 63.8 Å². The minimum atomic E-state index is -4.90. The van der Waals surface area contributed by atoms with Gasteiger partial charge in [0, 0.05) is 18.1 Å². The van der Waals surface area contributed by atoms with Crippen molar-refractivity contribution in [2.24, 2.45) is 11.0 Å². The fourth-order valence-corrected chi connectivity index (χ4v) is 2.29. The standard InChI is InChI=1S/C13H19F3N2O2/c1-2-3-4-5-10-8-12(20,13(14,15)16)18(17-10)11(19)9-6-7-9/h9,20H,2-8H2,1H3/t12-/m1/s1. The summed E-state index contributed by atoms with van der Waals surface area (Å²) in [6.07, 6.45) is -1.43. The number of carbonyl (C=O) groups is 1. The van der Waals surface area contributed by atoms with Crippen LogP contribution in [0.15, 0.2) is 5.10 Å². The maximum atomic E-state index is 13.1. The Hall–Kier alpha value is -1.11. The molecule has 1 aliphatic carbocycles. The van der Waals surface area contributed by atoms with Gasteiger partial charge in [0.25, 0.3) is 5.72 Å². The van der Waals surface area contributed by atoms with Crippen molar-refractivity contribution in [3.63, 3.8) is 0 Å². The molecule has 7 heteroatoms. The Bertz CT molecular complexity index is 418. The number of halogens is 3. The molecule has 0 aromatic rings. The van der Waals surface area contributed by atoms with Crippen LogP contribution in [0.5, 0.6) is 0 Å². The lowest BCUT2D eigenvalue weighted by Gasteiger charge is -2.32. The Morgan fingerprint density at radius 3 is 2.60 bits per heavy atom. The van der Waals surface area contributed by atoms with Crippen molar-refractivity contribution in [3.05, 3.63) is 0 Å². The second-order valence-electron chi connectivity index (χ2n) is 5.54. The summed E-state index contributed by atoms with van der Waals surface area (Å²) < 4.78 is 39.3. The summed E-state index contributed by atoms with van der Waals surface area (Å²) >= 11 is 0. The highest BCUT2D eigenvalue weighted by Gasteiger charge is 2.63. The van der Waals surface area contributed by atoms with Crippen molar-refractivity contribution in [1.29, 1.82) is 0 Å². The van der Waals surface area contributed by atoms with E-state index in [-0.39, 0.29) is 10.7 Å². The highest BCUT2D eigenvalue weighted by atomic mass is 19.4. The van der Waals surface area contributed by atoms with Gasteiger partial charge < -0.3 is 5.11 Å². The van der Waals surface area contributed by atoms with Crippen LogP contribution in [-0.4, -0.2) is 33.6 Å². The Morgan fingerprint density at radius 2 is 2.10 bits per heavy atom. The van der Waals surface area contributed by atoms with Gasteiger partial charge in [-0.2, -0.15) is 23.3 Å². The van der Waals surface area contributed by atoms with Crippen LogP contribution in [0.25, 0.3) is 0 Å². The van der Waals surface area contributed by atoms with E-state index in [0.717, 1.165) is 12.8 Å². The van der Waals surface area contributed by atoms with E-state index in [4.69, 9.17) is 0 Å². The van der Waals surface area contributed by atoms with Crippen LogP contribution < -0.4 is 0 Å². The molecule has 0 aromatic heterocycles. The van der Waals surface area contributed by atoms with Crippen molar-refractivity contribution in [1.82, 2.24) is 5.01 Å². The lowest BCUT2D eigenvalue weighted by atomic mass is 10.0. The first-order valence-corrected chi connectivity index (χ1v) is 6.99. The van der Waals surface area contributed by atoms with Crippen LogP contribution in [-0.2, 0) is 4.79 Å². The molecule has 0 aromatic carbocycles. The molecule has 1 amide bonds. The van der Waals surface area contributed by atoms with E-state index in [0.29, 0.717) is 25.7 Å². The highest BCUT2D eigenvalue weighted by molar-refractivity contribution is 5.91. The largest absolute Gasteiger partial charge is 0.438 e. The van der Waals surface area contributed by atoms with Gasteiger partial charge in [-0.1, -0.05) is 19.8 Å². The minimum Gasteiger partial charge on any atom is -0.362 e.